The van der Waals surface area contributed by atoms with Crippen LogP contribution in [0.5, 0.6) is 5.75 Å². The van der Waals surface area contributed by atoms with Gasteiger partial charge < -0.3 is 9.64 Å². The number of carbonyl (C=O) groups excluding carboxylic acids is 2. The second kappa shape index (κ2) is 6.07. The fraction of sp³-hybridized carbons (Fsp3) is 0.500. The monoisotopic (exact) mass is 275 g/mol. The summed E-state index contributed by atoms with van der Waals surface area (Å²) in [5, 5.41) is 0. The first-order valence-corrected chi connectivity index (χ1v) is 6.98. The van der Waals surface area contributed by atoms with Crippen molar-refractivity contribution < 1.29 is 14.3 Å². The van der Waals surface area contributed by atoms with E-state index in [4.69, 9.17) is 4.74 Å². The maximum Gasteiger partial charge on any atom is 0.260 e. The number of likely N-dealkylation sites (N-methyl/N-ethyl adjacent to an activating group) is 1. The van der Waals surface area contributed by atoms with Crippen molar-refractivity contribution in [1.82, 2.24) is 4.90 Å². The van der Waals surface area contributed by atoms with Crippen LogP contribution in [0.15, 0.2) is 24.3 Å². The van der Waals surface area contributed by atoms with Crippen molar-refractivity contribution in [2.24, 2.45) is 5.92 Å². The summed E-state index contributed by atoms with van der Waals surface area (Å²) in [6, 6.07) is 7.13. The molecular formula is C16H21NO3. The predicted octanol–water partition coefficient (Wildman–Crippen LogP) is 2.52. The highest BCUT2D eigenvalue weighted by Crippen LogP contribution is 2.34. The van der Waals surface area contributed by atoms with E-state index in [2.05, 4.69) is 6.92 Å². The largest absolute Gasteiger partial charge is 0.484 e. The standard InChI is InChI=1S/C16H21NO3/c1-11(13-4-5-13)17(3)16(19)10-20-15-8-6-14(7-9-15)12(2)18/h6-9,11,13H,4-5,10H2,1-3H3. The van der Waals surface area contributed by atoms with E-state index < -0.39 is 0 Å². The van der Waals surface area contributed by atoms with Gasteiger partial charge in [0.2, 0.25) is 0 Å². The Morgan fingerprint density at radius 1 is 1.30 bits per heavy atom. The molecule has 4 heteroatoms. The quantitative estimate of drug-likeness (QED) is 0.749. The fourth-order valence-electron chi connectivity index (χ4n) is 2.15. The lowest BCUT2D eigenvalue weighted by atomic mass is 10.1. The molecule has 0 heterocycles. The van der Waals surface area contributed by atoms with E-state index >= 15 is 0 Å². The third kappa shape index (κ3) is 3.59. The summed E-state index contributed by atoms with van der Waals surface area (Å²) in [5.41, 5.74) is 0.642. The molecule has 4 nitrogen and oxygen atoms in total. The van der Waals surface area contributed by atoms with E-state index in [1.807, 2.05) is 7.05 Å². The van der Waals surface area contributed by atoms with E-state index in [9.17, 15) is 9.59 Å². The van der Waals surface area contributed by atoms with Gasteiger partial charge in [-0.15, -0.1) is 0 Å². The number of carbonyl (C=O) groups is 2. The minimum absolute atomic E-state index is 0.0138. The second-order valence-corrected chi connectivity index (χ2v) is 5.45. The SMILES string of the molecule is CC(=O)c1ccc(OCC(=O)N(C)C(C)C2CC2)cc1. The molecule has 1 amide bonds. The second-order valence-electron chi connectivity index (χ2n) is 5.45. The molecule has 1 fully saturated rings. The smallest absolute Gasteiger partial charge is 0.260 e. The first-order valence-electron chi connectivity index (χ1n) is 6.98. The number of hydrogen-bond donors (Lipinski definition) is 0. The Bertz CT molecular complexity index is 491. The van der Waals surface area contributed by atoms with Gasteiger partial charge in [-0.05, 0) is 56.9 Å². The van der Waals surface area contributed by atoms with E-state index in [-0.39, 0.29) is 24.3 Å². The zero-order valence-electron chi connectivity index (χ0n) is 12.3. The maximum atomic E-state index is 12.0. The lowest BCUT2D eigenvalue weighted by Gasteiger charge is -2.24. The van der Waals surface area contributed by atoms with Gasteiger partial charge in [0.25, 0.3) is 5.91 Å². The summed E-state index contributed by atoms with van der Waals surface area (Å²) in [4.78, 5) is 24.9. The van der Waals surface area contributed by atoms with Gasteiger partial charge in [0, 0.05) is 18.7 Å². The summed E-state index contributed by atoms with van der Waals surface area (Å²) >= 11 is 0. The number of rotatable bonds is 6. The predicted molar refractivity (Wildman–Crippen MR) is 76.9 cm³/mol. The molecule has 1 saturated carbocycles. The van der Waals surface area contributed by atoms with Crippen LogP contribution in [0.1, 0.15) is 37.0 Å². The van der Waals surface area contributed by atoms with Crippen molar-refractivity contribution >= 4 is 11.7 Å². The third-order valence-corrected chi connectivity index (χ3v) is 3.93. The third-order valence-electron chi connectivity index (χ3n) is 3.93. The van der Waals surface area contributed by atoms with Crippen LogP contribution in [-0.4, -0.2) is 36.3 Å². The molecule has 2 rings (SSSR count). The van der Waals surface area contributed by atoms with Gasteiger partial charge in [-0.25, -0.2) is 0 Å². The van der Waals surface area contributed by atoms with E-state index in [1.165, 1.54) is 19.8 Å². The minimum Gasteiger partial charge on any atom is -0.484 e. The molecule has 1 aliphatic carbocycles. The number of amides is 1. The van der Waals surface area contributed by atoms with Gasteiger partial charge in [0.15, 0.2) is 12.4 Å². The molecule has 0 saturated heterocycles. The summed E-state index contributed by atoms with van der Waals surface area (Å²) < 4.78 is 5.47. The number of hydrogen-bond acceptors (Lipinski definition) is 3. The van der Waals surface area contributed by atoms with Crippen molar-refractivity contribution in [2.45, 2.75) is 32.7 Å². The summed E-state index contributed by atoms with van der Waals surface area (Å²) in [6.07, 6.45) is 2.43. The van der Waals surface area contributed by atoms with Crippen molar-refractivity contribution in [1.29, 1.82) is 0 Å². The maximum absolute atomic E-state index is 12.0. The molecule has 0 bridgehead atoms. The zero-order chi connectivity index (χ0) is 14.7. The first-order chi connectivity index (χ1) is 9.49. The topological polar surface area (TPSA) is 46.6 Å². The number of Topliss-reactive ketones (excluding diaryl/α,β-unsaturated/α-hetero) is 1. The van der Waals surface area contributed by atoms with Crippen LogP contribution in [0.4, 0.5) is 0 Å². The van der Waals surface area contributed by atoms with Crippen LogP contribution < -0.4 is 4.74 Å². The van der Waals surface area contributed by atoms with Gasteiger partial charge in [0.05, 0.1) is 0 Å². The van der Waals surface area contributed by atoms with Crippen LogP contribution in [0.3, 0.4) is 0 Å². The van der Waals surface area contributed by atoms with E-state index in [1.54, 1.807) is 29.2 Å². The molecule has 20 heavy (non-hydrogen) atoms. The average Bonchev–Trinajstić information content (AvgIpc) is 3.28. The average molecular weight is 275 g/mol. The van der Waals surface area contributed by atoms with Gasteiger partial charge >= 0.3 is 0 Å². The fourth-order valence-corrected chi connectivity index (χ4v) is 2.15. The molecule has 0 aromatic heterocycles. The van der Waals surface area contributed by atoms with Gasteiger partial charge in [0.1, 0.15) is 5.75 Å². The normalized spacial score (nSPS) is 15.6. The Labute approximate surface area is 119 Å². The molecular weight excluding hydrogens is 254 g/mol. The van der Waals surface area contributed by atoms with Crippen LogP contribution >= 0.6 is 0 Å². The molecule has 0 aliphatic heterocycles. The van der Waals surface area contributed by atoms with Gasteiger partial charge in [-0.2, -0.15) is 0 Å². The molecule has 1 aromatic rings. The molecule has 0 spiro atoms. The van der Waals surface area contributed by atoms with Crippen molar-refractivity contribution in [3.05, 3.63) is 29.8 Å². The molecule has 0 N–H and O–H groups in total. The molecule has 1 aromatic carbocycles. The highest BCUT2D eigenvalue weighted by Gasteiger charge is 2.32. The summed E-state index contributed by atoms with van der Waals surface area (Å²) in [6.45, 7) is 3.64. The zero-order valence-corrected chi connectivity index (χ0v) is 12.3. The molecule has 0 radical (unpaired) electrons. The number of ether oxygens (including phenoxy) is 1. The molecule has 1 unspecified atom stereocenters. The highest BCUT2D eigenvalue weighted by atomic mass is 16.5. The summed E-state index contributed by atoms with van der Waals surface area (Å²) in [7, 11) is 1.83. The van der Waals surface area contributed by atoms with Crippen LogP contribution in [0.2, 0.25) is 0 Å². The molecule has 108 valence electrons. The van der Waals surface area contributed by atoms with E-state index in [0.29, 0.717) is 17.2 Å². The number of benzene rings is 1. The first kappa shape index (κ1) is 14.6. The minimum atomic E-state index is -0.0138. The van der Waals surface area contributed by atoms with Gasteiger partial charge in [-0.1, -0.05) is 0 Å². The Morgan fingerprint density at radius 2 is 1.90 bits per heavy atom. The Hall–Kier alpha value is -1.84. The van der Waals surface area contributed by atoms with Crippen LogP contribution in [0.25, 0.3) is 0 Å². The van der Waals surface area contributed by atoms with Gasteiger partial charge in [-0.3, -0.25) is 9.59 Å². The van der Waals surface area contributed by atoms with Crippen molar-refractivity contribution in [2.75, 3.05) is 13.7 Å². The van der Waals surface area contributed by atoms with Crippen molar-refractivity contribution in [3.8, 4) is 5.75 Å². The molecule has 1 aliphatic rings. The Morgan fingerprint density at radius 3 is 2.40 bits per heavy atom. The number of ketones is 1. The molecule has 1 atom stereocenters. The van der Waals surface area contributed by atoms with E-state index in [0.717, 1.165) is 0 Å². The van der Waals surface area contributed by atoms with Crippen LogP contribution in [-0.2, 0) is 4.79 Å². The number of nitrogens with zero attached hydrogens (tertiary/aromatic N) is 1. The summed E-state index contributed by atoms with van der Waals surface area (Å²) in [5.74, 6) is 1.26. The van der Waals surface area contributed by atoms with Crippen LogP contribution in [0, 0.1) is 5.92 Å². The lowest BCUT2D eigenvalue weighted by molar-refractivity contribution is -0.134. The highest BCUT2D eigenvalue weighted by molar-refractivity contribution is 5.94. The Balaban J connectivity index is 1.84. The lowest BCUT2D eigenvalue weighted by Crippen LogP contribution is -2.39. The van der Waals surface area contributed by atoms with Crippen molar-refractivity contribution in [3.63, 3.8) is 0 Å². The Kier molecular flexibility index (Phi) is 4.42.